The Morgan fingerprint density at radius 1 is 1.12 bits per heavy atom. The van der Waals surface area contributed by atoms with Gasteiger partial charge in [-0.2, -0.15) is 8.42 Å². The smallest absolute Gasteiger partial charge is 0.289 e. The van der Waals surface area contributed by atoms with Crippen LogP contribution in [0.1, 0.15) is 15.9 Å². The molecule has 1 aromatic rings. The van der Waals surface area contributed by atoms with Crippen molar-refractivity contribution < 1.29 is 17.5 Å². The van der Waals surface area contributed by atoms with Crippen molar-refractivity contribution in [3.8, 4) is 0 Å². The molecule has 0 aliphatic heterocycles. The summed E-state index contributed by atoms with van der Waals surface area (Å²) in [7, 11) is -3.65. The zero-order valence-corrected chi connectivity index (χ0v) is 9.77. The van der Waals surface area contributed by atoms with E-state index in [0.29, 0.717) is 16.8 Å². The summed E-state index contributed by atoms with van der Waals surface area (Å²) in [6.45, 7) is 0. The molecular weight excluding hydrogens is 242 g/mol. The van der Waals surface area contributed by atoms with Crippen molar-refractivity contribution in [2.45, 2.75) is 0 Å². The number of fused-ring (bicyclic) bond motifs is 1. The summed E-state index contributed by atoms with van der Waals surface area (Å²) in [5, 5.41) is 3.52. The Hall–Kier alpha value is -1.95. The lowest BCUT2D eigenvalue weighted by atomic mass is 9.95. The molecule has 2 rings (SSSR count). The summed E-state index contributed by atoms with van der Waals surface area (Å²) in [4.78, 5) is 11.5. The number of benzene rings is 1. The van der Waals surface area contributed by atoms with Gasteiger partial charge in [0.25, 0.3) is 0 Å². The van der Waals surface area contributed by atoms with E-state index in [1.54, 1.807) is 24.3 Å². The number of rotatable bonds is 2. The van der Waals surface area contributed by atoms with Crippen LogP contribution in [0.15, 0.2) is 41.6 Å². The van der Waals surface area contributed by atoms with E-state index in [9.17, 15) is 13.2 Å². The fourth-order valence-electron chi connectivity index (χ4n) is 1.44. The summed E-state index contributed by atoms with van der Waals surface area (Å²) >= 11 is 0. The lowest BCUT2D eigenvalue weighted by molar-refractivity contribution is 0.104. The highest BCUT2D eigenvalue weighted by atomic mass is 32.2. The highest BCUT2D eigenvalue weighted by Gasteiger charge is 2.17. The quantitative estimate of drug-likeness (QED) is 0.738. The molecule has 0 saturated carbocycles. The normalized spacial score (nSPS) is 17.0. The minimum absolute atomic E-state index is 0.140. The Labute approximate surface area is 98.5 Å². The van der Waals surface area contributed by atoms with Gasteiger partial charge < -0.3 is 0 Å². The van der Waals surface area contributed by atoms with Crippen molar-refractivity contribution in [1.82, 2.24) is 0 Å². The molecule has 0 heterocycles. The molecule has 0 N–H and O–H groups in total. The van der Waals surface area contributed by atoms with E-state index in [-0.39, 0.29) is 5.78 Å². The maximum absolute atomic E-state index is 11.5. The number of ketones is 1. The van der Waals surface area contributed by atoms with Gasteiger partial charge >= 0.3 is 10.1 Å². The van der Waals surface area contributed by atoms with Crippen LogP contribution in [0.3, 0.4) is 0 Å². The molecule has 1 aliphatic rings. The molecule has 6 heteroatoms. The summed E-state index contributed by atoms with van der Waals surface area (Å²) in [5.41, 5.74) is 1.35. The summed E-state index contributed by atoms with van der Waals surface area (Å²) in [6, 6.07) is 6.80. The topological polar surface area (TPSA) is 72.8 Å². The van der Waals surface area contributed by atoms with E-state index in [1.165, 1.54) is 12.2 Å². The number of nitrogens with zero attached hydrogens (tertiary/aromatic N) is 1. The SMILES string of the molecule is CS(=O)(=O)O/N=C1\C=CC(=O)c2ccccc21. The summed E-state index contributed by atoms with van der Waals surface area (Å²) in [5.74, 6) is -0.140. The van der Waals surface area contributed by atoms with Crippen LogP contribution >= 0.6 is 0 Å². The highest BCUT2D eigenvalue weighted by Crippen LogP contribution is 2.17. The molecular formula is C11H9NO4S. The second kappa shape index (κ2) is 4.14. The lowest BCUT2D eigenvalue weighted by Crippen LogP contribution is -2.13. The minimum atomic E-state index is -3.65. The van der Waals surface area contributed by atoms with Gasteiger partial charge in [-0.1, -0.05) is 29.4 Å². The Morgan fingerprint density at radius 3 is 2.41 bits per heavy atom. The van der Waals surface area contributed by atoms with E-state index in [0.717, 1.165) is 6.26 Å². The van der Waals surface area contributed by atoms with Crippen LogP contribution in [0.4, 0.5) is 0 Å². The molecule has 0 aromatic heterocycles. The summed E-state index contributed by atoms with van der Waals surface area (Å²) in [6.07, 6.45) is 3.66. The second-order valence-electron chi connectivity index (χ2n) is 3.50. The van der Waals surface area contributed by atoms with Crippen LogP contribution in [-0.2, 0) is 14.4 Å². The molecule has 5 nitrogen and oxygen atoms in total. The number of carbonyl (C=O) groups excluding carboxylic acids is 1. The molecule has 0 fully saturated rings. The van der Waals surface area contributed by atoms with Crippen molar-refractivity contribution in [2.75, 3.05) is 6.26 Å². The van der Waals surface area contributed by atoms with Crippen molar-refractivity contribution in [3.63, 3.8) is 0 Å². The first-order chi connectivity index (χ1) is 7.97. The Kier molecular flexibility index (Phi) is 2.81. The van der Waals surface area contributed by atoms with Gasteiger partial charge in [0.15, 0.2) is 5.78 Å². The predicted molar refractivity (Wildman–Crippen MR) is 62.4 cm³/mol. The lowest BCUT2D eigenvalue weighted by Gasteiger charge is -2.10. The van der Waals surface area contributed by atoms with Crippen LogP contribution < -0.4 is 0 Å². The van der Waals surface area contributed by atoms with Crippen molar-refractivity contribution in [3.05, 3.63) is 47.5 Å². The predicted octanol–water partition coefficient (Wildman–Crippen LogP) is 1.12. The molecule has 0 amide bonds. The van der Waals surface area contributed by atoms with Gasteiger partial charge in [-0.3, -0.25) is 9.08 Å². The number of hydrogen-bond acceptors (Lipinski definition) is 5. The molecule has 0 saturated heterocycles. The van der Waals surface area contributed by atoms with Gasteiger partial charge in [0.1, 0.15) is 5.71 Å². The van der Waals surface area contributed by atoms with Crippen LogP contribution in [0, 0.1) is 0 Å². The highest BCUT2D eigenvalue weighted by molar-refractivity contribution is 7.85. The number of hydrogen-bond donors (Lipinski definition) is 0. The van der Waals surface area contributed by atoms with E-state index in [2.05, 4.69) is 9.44 Å². The first-order valence-corrected chi connectivity index (χ1v) is 6.57. The average Bonchev–Trinajstić information content (AvgIpc) is 2.27. The number of allylic oxidation sites excluding steroid dienone is 2. The van der Waals surface area contributed by atoms with Crippen LogP contribution in [0.2, 0.25) is 0 Å². The number of oxime groups is 1. The Bertz CT molecular complexity index is 629. The van der Waals surface area contributed by atoms with E-state index >= 15 is 0 Å². The van der Waals surface area contributed by atoms with Crippen LogP contribution in [-0.4, -0.2) is 26.2 Å². The fourth-order valence-corrected chi connectivity index (χ4v) is 1.66. The van der Waals surface area contributed by atoms with Crippen LogP contribution in [0.25, 0.3) is 0 Å². The minimum Gasteiger partial charge on any atom is -0.289 e. The molecule has 88 valence electrons. The first-order valence-electron chi connectivity index (χ1n) is 4.76. The largest absolute Gasteiger partial charge is 0.325 e. The second-order valence-corrected chi connectivity index (χ2v) is 5.06. The average molecular weight is 251 g/mol. The van der Waals surface area contributed by atoms with Gasteiger partial charge in [-0.05, 0) is 12.2 Å². The molecule has 1 aliphatic carbocycles. The first kappa shape index (κ1) is 11.5. The third-order valence-electron chi connectivity index (χ3n) is 2.13. The van der Waals surface area contributed by atoms with Crippen molar-refractivity contribution in [1.29, 1.82) is 0 Å². The molecule has 0 atom stereocenters. The number of carbonyl (C=O) groups is 1. The van der Waals surface area contributed by atoms with Gasteiger partial charge in [0.2, 0.25) is 0 Å². The van der Waals surface area contributed by atoms with E-state index in [1.807, 2.05) is 0 Å². The van der Waals surface area contributed by atoms with E-state index < -0.39 is 10.1 Å². The fraction of sp³-hybridized carbons (Fsp3) is 0.0909. The monoisotopic (exact) mass is 251 g/mol. The standard InChI is InChI=1S/C11H9NO4S/c1-17(14,15)16-12-10-6-7-11(13)9-5-3-2-4-8(9)10/h2-7H,1H3/b12-10+. The van der Waals surface area contributed by atoms with Gasteiger partial charge in [0.05, 0.1) is 6.26 Å². The molecule has 0 unspecified atom stereocenters. The molecule has 1 aromatic carbocycles. The summed E-state index contributed by atoms with van der Waals surface area (Å²) < 4.78 is 26.0. The van der Waals surface area contributed by atoms with Gasteiger partial charge in [0, 0.05) is 11.1 Å². The molecule has 0 spiro atoms. The van der Waals surface area contributed by atoms with Crippen molar-refractivity contribution in [2.24, 2.45) is 5.16 Å². The Morgan fingerprint density at radius 2 is 1.76 bits per heavy atom. The maximum Gasteiger partial charge on any atom is 0.325 e. The third-order valence-corrected chi connectivity index (χ3v) is 2.48. The zero-order chi connectivity index (χ0) is 12.5. The maximum atomic E-state index is 11.5. The Balaban J connectivity index is 2.45. The third kappa shape index (κ3) is 2.59. The molecule has 0 radical (unpaired) electrons. The van der Waals surface area contributed by atoms with Crippen LogP contribution in [0.5, 0.6) is 0 Å². The van der Waals surface area contributed by atoms with Gasteiger partial charge in [-0.15, -0.1) is 0 Å². The molecule has 17 heavy (non-hydrogen) atoms. The molecule has 0 bridgehead atoms. The zero-order valence-electron chi connectivity index (χ0n) is 8.95. The van der Waals surface area contributed by atoms with Gasteiger partial charge in [-0.25, -0.2) is 0 Å². The van der Waals surface area contributed by atoms with E-state index in [4.69, 9.17) is 0 Å². The van der Waals surface area contributed by atoms with Crippen molar-refractivity contribution >= 4 is 21.6 Å².